The molecular weight excluding hydrogens is 432 g/mol. The number of aliphatic imine (C=N–C) groups is 1. The number of thiazole rings is 1. The van der Waals surface area contributed by atoms with Crippen LogP contribution in [0.4, 0.5) is 8.78 Å². The predicted octanol–water partition coefficient (Wildman–Crippen LogP) is 5.23. The third-order valence-electron chi connectivity index (χ3n) is 5.22. The maximum absolute atomic E-state index is 14.5. The average Bonchev–Trinajstić information content (AvgIpc) is 3.17. The Morgan fingerprint density at radius 3 is 2.56 bits per heavy atom. The van der Waals surface area contributed by atoms with Crippen LogP contribution in [0, 0.1) is 28.4 Å². The smallest absolute Gasteiger partial charge is 0.146 e. The van der Waals surface area contributed by atoms with Crippen LogP contribution in [0.3, 0.4) is 0 Å². The maximum atomic E-state index is 14.5. The van der Waals surface area contributed by atoms with E-state index in [4.69, 9.17) is 16.6 Å². The molecule has 1 aliphatic carbocycles. The van der Waals surface area contributed by atoms with Crippen molar-refractivity contribution < 1.29 is 13.6 Å². The number of ketones is 1. The summed E-state index contributed by atoms with van der Waals surface area (Å²) in [7, 11) is 0. The lowest BCUT2D eigenvalue weighted by molar-refractivity contribution is -0.120. The van der Waals surface area contributed by atoms with Gasteiger partial charge in [-0.05, 0) is 37.1 Å². The fourth-order valence-corrected chi connectivity index (χ4v) is 4.47. The van der Waals surface area contributed by atoms with Gasteiger partial charge in [-0.25, -0.2) is 18.8 Å². The van der Waals surface area contributed by atoms with Gasteiger partial charge in [-0.15, -0.1) is 11.3 Å². The van der Waals surface area contributed by atoms with Gasteiger partial charge in [-0.1, -0.05) is 13.8 Å². The van der Waals surface area contributed by atoms with E-state index >= 15 is 0 Å². The molecule has 0 aliphatic heterocycles. The number of rotatable bonds is 6. The molecule has 0 amide bonds. The first-order chi connectivity index (χ1) is 15.2. The number of nitrogens with two attached hydrogens (primary N) is 1. The van der Waals surface area contributed by atoms with Crippen molar-refractivity contribution in [2.75, 3.05) is 0 Å². The minimum Gasteiger partial charge on any atom is -0.387 e. The Morgan fingerprint density at radius 1 is 1.25 bits per heavy atom. The quantitative estimate of drug-likeness (QED) is 0.407. The number of nitrogens with one attached hydrogen (secondary N) is 2. The topological polar surface area (TPSA) is 116 Å². The van der Waals surface area contributed by atoms with E-state index in [-0.39, 0.29) is 40.4 Å². The van der Waals surface area contributed by atoms with Crippen LogP contribution in [-0.2, 0) is 4.79 Å². The number of aromatic nitrogens is 1. The van der Waals surface area contributed by atoms with E-state index in [0.29, 0.717) is 36.4 Å². The number of amidine groups is 2. The number of carbonyl (C=O) groups excluding carboxylic acids is 1. The van der Waals surface area contributed by atoms with E-state index in [9.17, 15) is 13.6 Å². The molecule has 0 atom stereocenters. The van der Waals surface area contributed by atoms with Gasteiger partial charge >= 0.3 is 0 Å². The Bertz CT molecular complexity index is 1110. The molecule has 1 heterocycles. The van der Waals surface area contributed by atoms with E-state index in [1.165, 1.54) is 29.6 Å². The van der Waals surface area contributed by atoms with E-state index < -0.39 is 11.6 Å². The summed E-state index contributed by atoms with van der Waals surface area (Å²) >= 11 is 1.26. The summed E-state index contributed by atoms with van der Waals surface area (Å²) in [5.74, 6) is -0.989. The Labute approximate surface area is 189 Å². The summed E-state index contributed by atoms with van der Waals surface area (Å²) in [4.78, 5) is 20.6. The van der Waals surface area contributed by atoms with Crippen molar-refractivity contribution in [3.05, 3.63) is 51.9 Å². The number of carbonyl (C=O) groups is 1. The number of Topliss-reactive ketones (excluding diaryl/α,β-unsaturated/α-hetero) is 1. The van der Waals surface area contributed by atoms with Gasteiger partial charge in [0, 0.05) is 36.3 Å². The summed E-state index contributed by atoms with van der Waals surface area (Å²) in [6.45, 7) is 3.72. The average molecular weight is 458 g/mol. The minimum atomic E-state index is -0.763. The van der Waals surface area contributed by atoms with Crippen LogP contribution in [0.25, 0.3) is 11.3 Å². The van der Waals surface area contributed by atoms with Crippen LogP contribution in [0.15, 0.2) is 35.3 Å². The second-order valence-corrected chi connectivity index (χ2v) is 9.02. The molecule has 1 aliphatic rings. The number of nitrogens with zero attached hydrogens (tertiary/aromatic N) is 2. The first kappa shape index (κ1) is 23.6. The monoisotopic (exact) mass is 457 g/mol. The summed E-state index contributed by atoms with van der Waals surface area (Å²) in [6.07, 6.45) is 5.02. The molecule has 0 unspecified atom stereocenters. The largest absolute Gasteiger partial charge is 0.387 e. The molecule has 1 saturated carbocycles. The Kier molecular flexibility index (Phi) is 7.40. The standard InChI is InChI=1S/C23H25F2N5OS/c1-12(2)22(28)29-19(27)10-9-18(26)21-20(16-8-5-14(24)11-17(16)25)30-23(32-21)13-3-6-15(31)7-4-13/h5,8-13,26H,3-4,6-7H2,1-2H3,(H3,27,28,29)/b10-9-,26-18?. The van der Waals surface area contributed by atoms with Crippen molar-refractivity contribution in [3.8, 4) is 11.3 Å². The summed E-state index contributed by atoms with van der Waals surface area (Å²) in [6, 6.07) is 3.25. The second kappa shape index (κ2) is 10.0. The van der Waals surface area contributed by atoms with Crippen molar-refractivity contribution in [3.63, 3.8) is 0 Å². The zero-order valence-corrected chi connectivity index (χ0v) is 18.7. The lowest BCUT2D eigenvalue weighted by atomic mass is 9.89. The number of allylic oxidation sites excluding steroid dienone is 1. The van der Waals surface area contributed by atoms with E-state index in [2.05, 4.69) is 9.98 Å². The van der Waals surface area contributed by atoms with Crippen LogP contribution in [0.5, 0.6) is 0 Å². The van der Waals surface area contributed by atoms with Crippen molar-refractivity contribution in [2.24, 2.45) is 16.6 Å². The van der Waals surface area contributed by atoms with E-state index in [1.54, 1.807) is 0 Å². The molecule has 0 radical (unpaired) electrons. The number of halogens is 2. The van der Waals surface area contributed by atoms with E-state index in [1.807, 2.05) is 13.8 Å². The molecule has 1 aromatic carbocycles. The molecule has 0 spiro atoms. The fourth-order valence-electron chi connectivity index (χ4n) is 3.29. The van der Waals surface area contributed by atoms with Crippen LogP contribution >= 0.6 is 11.3 Å². The summed E-state index contributed by atoms with van der Waals surface area (Å²) < 4.78 is 28.0. The molecule has 9 heteroatoms. The number of benzene rings is 1. The van der Waals surface area contributed by atoms with Crippen molar-refractivity contribution in [1.82, 2.24) is 4.98 Å². The van der Waals surface area contributed by atoms with Gasteiger partial charge in [-0.2, -0.15) is 0 Å². The van der Waals surface area contributed by atoms with Crippen molar-refractivity contribution in [2.45, 2.75) is 45.4 Å². The van der Waals surface area contributed by atoms with Gasteiger partial charge in [-0.3, -0.25) is 15.6 Å². The highest BCUT2D eigenvalue weighted by molar-refractivity contribution is 7.14. The fraction of sp³-hybridized carbons (Fsp3) is 0.348. The first-order valence-corrected chi connectivity index (χ1v) is 11.1. The number of hydrogen-bond donors (Lipinski definition) is 3. The zero-order chi connectivity index (χ0) is 23.4. The lowest BCUT2D eigenvalue weighted by Gasteiger charge is -2.18. The van der Waals surface area contributed by atoms with Gasteiger partial charge in [0.25, 0.3) is 0 Å². The van der Waals surface area contributed by atoms with Crippen LogP contribution in [0.2, 0.25) is 0 Å². The molecule has 0 bridgehead atoms. The highest BCUT2D eigenvalue weighted by Crippen LogP contribution is 2.38. The summed E-state index contributed by atoms with van der Waals surface area (Å²) in [5.41, 5.74) is 6.17. The van der Waals surface area contributed by atoms with Crippen LogP contribution in [0.1, 0.15) is 55.3 Å². The normalized spacial score (nSPS) is 15.7. The molecule has 0 saturated heterocycles. The van der Waals surface area contributed by atoms with Gasteiger partial charge in [0.15, 0.2) is 0 Å². The first-order valence-electron chi connectivity index (χ1n) is 10.3. The van der Waals surface area contributed by atoms with Gasteiger partial charge in [0.2, 0.25) is 0 Å². The minimum absolute atomic E-state index is 0.0114. The molecular formula is C23H25F2N5OS. The van der Waals surface area contributed by atoms with Crippen LogP contribution in [-0.4, -0.2) is 28.2 Å². The third-order valence-corrected chi connectivity index (χ3v) is 6.47. The zero-order valence-electron chi connectivity index (χ0n) is 17.9. The summed E-state index contributed by atoms with van der Waals surface area (Å²) in [5, 5.41) is 17.2. The molecule has 6 nitrogen and oxygen atoms in total. The van der Waals surface area contributed by atoms with Gasteiger partial charge in [0.05, 0.1) is 21.3 Å². The molecule has 1 aromatic heterocycles. The Morgan fingerprint density at radius 2 is 1.94 bits per heavy atom. The highest BCUT2D eigenvalue weighted by atomic mass is 32.1. The van der Waals surface area contributed by atoms with Gasteiger partial charge < -0.3 is 5.73 Å². The van der Waals surface area contributed by atoms with E-state index in [0.717, 1.165) is 17.1 Å². The molecule has 32 heavy (non-hydrogen) atoms. The lowest BCUT2D eigenvalue weighted by Crippen LogP contribution is -2.20. The highest BCUT2D eigenvalue weighted by Gasteiger charge is 2.26. The van der Waals surface area contributed by atoms with Crippen molar-refractivity contribution in [1.29, 1.82) is 10.8 Å². The second-order valence-electron chi connectivity index (χ2n) is 7.99. The molecule has 3 rings (SSSR count). The Balaban J connectivity index is 1.96. The molecule has 1 fully saturated rings. The molecule has 4 N–H and O–H groups in total. The number of hydrogen-bond acceptors (Lipinski definition) is 5. The van der Waals surface area contributed by atoms with Crippen LogP contribution < -0.4 is 5.73 Å². The van der Waals surface area contributed by atoms with Gasteiger partial charge in [0.1, 0.15) is 29.1 Å². The predicted molar refractivity (Wildman–Crippen MR) is 124 cm³/mol. The third kappa shape index (κ3) is 5.59. The maximum Gasteiger partial charge on any atom is 0.146 e. The SMILES string of the molecule is CC(C)C(N)=NC(=N)/C=C\C(=N)c1sc(C2CCC(=O)CC2)nc1-c1ccc(F)cc1F. The molecule has 168 valence electrons. The Hall–Kier alpha value is -3.07. The molecule has 2 aromatic rings. The van der Waals surface area contributed by atoms with Crippen molar-refractivity contribution >= 4 is 34.5 Å².